The molecule has 1 aliphatic heterocycles. The average molecular weight is 220 g/mol. The molecule has 0 saturated carbocycles. The number of rotatable bonds is 3. The Morgan fingerprint density at radius 1 is 1.25 bits per heavy atom. The number of carboxylic acid groups (broad SMARTS) is 1. The van der Waals surface area contributed by atoms with Crippen molar-refractivity contribution in [3.8, 4) is 0 Å². The highest BCUT2D eigenvalue weighted by atomic mass is 16.5. The summed E-state index contributed by atoms with van der Waals surface area (Å²) in [5.74, 6) is -1.05. The first-order valence-electron chi connectivity index (χ1n) is 5.36. The van der Waals surface area contributed by atoms with E-state index in [-0.39, 0.29) is 0 Å². The first-order chi connectivity index (χ1) is 7.79. The summed E-state index contributed by atoms with van der Waals surface area (Å²) in [4.78, 5) is 13.1. The van der Waals surface area contributed by atoms with Gasteiger partial charge in [-0.1, -0.05) is 30.3 Å². The number of hydrogen-bond acceptors (Lipinski definition) is 4. The van der Waals surface area contributed by atoms with Gasteiger partial charge in [0, 0.05) is 13.1 Å². The van der Waals surface area contributed by atoms with Crippen LogP contribution < -0.4 is 5.11 Å². The normalized spacial score (nSPS) is 19.2. The first kappa shape index (κ1) is 11.1. The van der Waals surface area contributed by atoms with Crippen LogP contribution in [0.2, 0.25) is 0 Å². The largest absolute Gasteiger partial charge is 0.548 e. The lowest BCUT2D eigenvalue weighted by molar-refractivity contribution is -0.313. The second-order valence-electron chi connectivity index (χ2n) is 3.78. The van der Waals surface area contributed by atoms with Gasteiger partial charge in [-0.25, -0.2) is 0 Å². The lowest BCUT2D eigenvalue weighted by atomic mass is 10.1. The average Bonchev–Trinajstić information content (AvgIpc) is 2.31. The molecule has 1 fully saturated rings. The van der Waals surface area contributed by atoms with E-state index in [1.807, 2.05) is 35.2 Å². The lowest BCUT2D eigenvalue weighted by Crippen LogP contribution is -2.46. The minimum Gasteiger partial charge on any atom is -0.548 e. The molecule has 0 N–H and O–H groups in total. The number of benzene rings is 1. The van der Waals surface area contributed by atoms with Crippen molar-refractivity contribution in [3.05, 3.63) is 35.9 Å². The smallest absolute Gasteiger partial charge is 0.0750 e. The van der Waals surface area contributed by atoms with Crippen molar-refractivity contribution in [1.29, 1.82) is 0 Å². The summed E-state index contributed by atoms with van der Waals surface area (Å²) in [6, 6.07) is 8.52. The topological polar surface area (TPSA) is 52.6 Å². The van der Waals surface area contributed by atoms with E-state index in [4.69, 9.17) is 4.74 Å². The van der Waals surface area contributed by atoms with Gasteiger partial charge in [0.05, 0.1) is 25.2 Å². The third-order valence-corrected chi connectivity index (χ3v) is 2.75. The Bertz CT molecular complexity index is 347. The first-order valence-corrected chi connectivity index (χ1v) is 5.36. The van der Waals surface area contributed by atoms with Crippen molar-refractivity contribution >= 4 is 5.97 Å². The minimum absolute atomic E-state index is 0.580. The van der Waals surface area contributed by atoms with Crippen LogP contribution in [-0.4, -0.2) is 37.2 Å². The number of hydrogen-bond donors (Lipinski definition) is 0. The van der Waals surface area contributed by atoms with Gasteiger partial charge < -0.3 is 14.6 Å². The summed E-state index contributed by atoms with van der Waals surface area (Å²) in [7, 11) is 0. The van der Waals surface area contributed by atoms with Gasteiger partial charge in [-0.15, -0.1) is 0 Å². The van der Waals surface area contributed by atoms with Gasteiger partial charge >= 0.3 is 0 Å². The van der Waals surface area contributed by atoms with Crippen molar-refractivity contribution in [2.75, 3.05) is 26.3 Å². The summed E-state index contributed by atoms with van der Waals surface area (Å²) in [5.41, 5.74) is 0.768. The molecule has 16 heavy (non-hydrogen) atoms. The molecular formula is C12H14NO3-. The third-order valence-electron chi connectivity index (χ3n) is 2.75. The maximum Gasteiger partial charge on any atom is 0.0750 e. The number of carbonyl (C=O) groups excluding carboxylic acids is 1. The molecule has 0 bridgehead atoms. The molecule has 0 spiro atoms. The summed E-state index contributed by atoms with van der Waals surface area (Å²) in [6.07, 6.45) is 0. The molecule has 0 radical (unpaired) electrons. The monoisotopic (exact) mass is 220 g/mol. The molecule has 1 aromatic rings. The molecule has 1 atom stereocenters. The van der Waals surface area contributed by atoms with Gasteiger partial charge in [0.15, 0.2) is 0 Å². The highest BCUT2D eigenvalue weighted by Crippen LogP contribution is 2.20. The number of aliphatic carboxylic acids is 1. The van der Waals surface area contributed by atoms with Gasteiger partial charge in [-0.05, 0) is 5.56 Å². The SMILES string of the molecule is O=C([O-])[C@@H](c1ccccc1)N1CCOCC1. The van der Waals surface area contributed by atoms with Gasteiger partial charge in [0.1, 0.15) is 0 Å². The van der Waals surface area contributed by atoms with Gasteiger partial charge in [0.25, 0.3) is 0 Å². The predicted octanol–water partition coefficient (Wildman–Crippen LogP) is -0.190. The predicted molar refractivity (Wildman–Crippen MR) is 56.6 cm³/mol. The Kier molecular flexibility index (Phi) is 3.54. The van der Waals surface area contributed by atoms with E-state index in [1.165, 1.54) is 0 Å². The molecule has 0 aromatic heterocycles. The molecular weight excluding hydrogens is 206 g/mol. The van der Waals surface area contributed by atoms with E-state index in [2.05, 4.69) is 0 Å². The fourth-order valence-corrected chi connectivity index (χ4v) is 1.97. The molecule has 0 amide bonds. The van der Waals surface area contributed by atoms with Gasteiger partial charge in [-0.3, -0.25) is 4.90 Å². The Balaban J connectivity index is 2.20. The molecule has 86 valence electrons. The second-order valence-corrected chi connectivity index (χ2v) is 3.78. The fourth-order valence-electron chi connectivity index (χ4n) is 1.97. The highest BCUT2D eigenvalue weighted by molar-refractivity contribution is 5.73. The van der Waals surface area contributed by atoms with Gasteiger partial charge in [0.2, 0.25) is 0 Å². The van der Waals surface area contributed by atoms with Crippen LogP contribution in [0.25, 0.3) is 0 Å². The van der Waals surface area contributed by atoms with Crippen LogP contribution in [0.1, 0.15) is 11.6 Å². The van der Waals surface area contributed by atoms with E-state index >= 15 is 0 Å². The Morgan fingerprint density at radius 2 is 1.88 bits per heavy atom. The molecule has 4 heteroatoms. The summed E-state index contributed by atoms with van der Waals surface area (Å²) < 4.78 is 5.21. The number of carboxylic acids is 1. The van der Waals surface area contributed by atoms with Crippen LogP contribution >= 0.6 is 0 Å². The van der Waals surface area contributed by atoms with Crippen LogP contribution in [0, 0.1) is 0 Å². The van der Waals surface area contributed by atoms with Gasteiger partial charge in [-0.2, -0.15) is 0 Å². The molecule has 2 rings (SSSR count). The molecule has 4 nitrogen and oxygen atoms in total. The molecule has 1 saturated heterocycles. The Hall–Kier alpha value is -1.39. The number of morpholine rings is 1. The van der Waals surface area contributed by atoms with E-state index in [9.17, 15) is 9.90 Å². The third kappa shape index (κ3) is 2.40. The van der Waals surface area contributed by atoms with Crippen LogP contribution in [0.5, 0.6) is 0 Å². The maximum atomic E-state index is 11.2. The zero-order chi connectivity index (χ0) is 11.4. The highest BCUT2D eigenvalue weighted by Gasteiger charge is 2.23. The van der Waals surface area contributed by atoms with Crippen molar-refractivity contribution in [2.24, 2.45) is 0 Å². The summed E-state index contributed by atoms with van der Waals surface area (Å²) in [6.45, 7) is 2.42. The van der Waals surface area contributed by atoms with Crippen molar-refractivity contribution in [3.63, 3.8) is 0 Å². The molecule has 0 unspecified atom stereocenters. The van der Waals surface area contributed by atoms with E-state index in [1.54, 1.807) is 0 Å². The van der Waals surface area contributed by atoms with Crippen LogP contribution in [0.4, 0.5) is 0 Å². The molecule has 1 aliphatic rings. The van der Waals surface area contributed by atoms with E-state index < -0.39 is 12.0 Å². The summed E-state index contributed by atoms with van der Waals surface area (Å²) in [5, 5.41) is 11.2. The van der Waals surface area contributed by atoms with Crippen LogP contribution in [0.3, 0.4) is 0 Å². The maximum absolute atomic E-state index is 11.2. The van der Waals surface area contributed by atoms with Crippen LogP contribution in [-0.2, 0) is 9.53 Å². The zero-order valence-electron chi connectivity index (χ0n) is 8.96. The quantitative estimate of drug-likeness (QED) is 0.708. The van der Waals surface area contributed by atoms with Crippen LogP contribution in [0.15, 0.2) is 30.3 Å². The number of ether oxygens (including phenoxy) is 1. The molecule has 1 aromatic carbocycles. The minimum atomic E-state index is -1.05. The van der Waals surface area contributed by atoms with E-state index in [0.717, 1.165) is 5.56 Å². The number of carbonyl (C=O) groups is 1. The Morgan fingerprint density at radius 3 is 2.44 bits per heavy atom. The van der Waals surface area contributed by atoms with Crippen molar-refractivity contribution in [2.45, 2.75) is 6.04 Å². The second kappa shape index (κ2) is 5.09. The molecule has 1 heterocycles. The zero-order valence-corrected chi connectivity index (χ0v) is 8.96. The molecule has 0 aliphatic carbocycles. The van der Waals surface area contributed by atoms with E-state index in [0.29, 0.717) is 26.3 Å². The van der Waals surface area contributed by atoms with Crippen molar-refractivity contribution in [1.82, 2.24) is 4.90 Å². The standard InChI is InChI=1S/C12H15NO3/c14-12(15)11(10-4-2-1-3-5-10)13-6-8-16-9-7-13/h1-5,11H,6-9H2,(H,14,15)/p-1/t11-/m1/s1. The number of nitrogens with zero attached hydrogens (tertiary/aromatic N) is 1. The Labute approximate surface area is 94.4 Å². The lowest BCUT2D eigenvalue weighted by Gasteiger charge is -2.35. The van der Waals surface area contributed by atoms with Crippen molar-refractivity contribution < 1.29 is 14.6 Å². The fraction of sp³-hybridized carbons (Fsp3) is 0.417. The summed E-state index contributed by atoms with van der Waals surface area (Å²) >= 11 is 0.